The standard InChI is InChI=1S/C15H28N2O/c1-18-14-4-2-3-9-15(14,11-16)17(13-7-8-13)10-12-5-6-12/h12-14H,2-11,16H2,1H3. The van der Waals surface area contributed by atoms with Crippen molar-refractivity contribution in [2.45, 2.75) is 69.1 Å². The largest absolute Gasteiger partial charge is 0.379 e. The van der Waals surface area contributed by atoms with Crippen LogP contribution in [0.1, 0.15) is 51.4 Å². The van der Waals surface area contributed by atoms with E-state index in [0.29, 0.717) is 6.10 Å². The second-order valence-electron chi connectivity index (χ2n) is 6.60. The van der Waals surface area contributed by atoms with Gasteiger partial charge in [-0.05, 0) is 44.4 Å². The fourth-order valence-corrected chi connectivity index (χ4v) is 3.87. The summed E-state index contributed by atoms with van der Waals surface area (Å²) in [5, 5.41) is 0. The van der Waals surface area contributed by atoms with Gasteiger partial charge in [-0.25, -0.2) is 0 Å². The second kappa shape index (κ2) is 5.10. The molecule has 2 N–H and O–H groups in total. The predicted molar refractivity (Wildman–Crippen MR) is 73.5 cm³/mol. The number of ether oxygens (including phenoxy) is 1. The molecule has 3 saturated carbocycles. The first-order valence-corrected chi connectivity index (χ1v) is 7.80. The van der Waals surface area contributed by atoms with Gasteiger partial charge in [-0.2, -0.15) is 0 Å². The molecule has 3 nitrogen and oxygen atoms in total. The zero-order valence-corrected chi connectivity index (χ0v) is 11.7. The number of rotatable bonds is 6. The van der Waals surface area contributed by atoms with E-state index >= 15 is 0 Å². The fourth-order valence-electron chi connectivity index (χ4n) is 3.87. The maximum atomic E-state index is 6.25. The Bertz CT molecular complexity index is 288. The van der Waals surface area contributed by atoms with Gasteiger partial charge in [0.05, 0.1) is 11.6 Å². The number of nitrogens with zero attached hydrogens (tertiary/aromatic N) is 1. The van der Waals surface area contributed by atoms with Crippen molar-refractivity contribution in [3.63, 3.8) is 0 Å². The molecule has 0 amide bonds. The van der Waals surface area contributed by atoms with Crippen LogP contribution in [0, 0.1) is 5.92 Å². The van der Waals surface area contributed by atoms with Gasteiger partial charge in [-0.3, -0.25) is 4.90 Å². The molecular formula is C15H28N2O. The SMILES string of the molecule is COC1CCCCC1(CN)N(CC1CC1)C1CC1. The molecule has 0 spiro atoms. The van der Waals surface area contributed by atoms with E-state index < -0.39 is 0 Å². The van der Waals surface area contributed by atoms with Gasteiger partial charge in [0.15, 0.2) is 0 Å². The highest BCUT2D eigenvalue weighted by atomic mass is 16.5. The molecule has 0 saturated heterocycles. The molecule has 2 atom stereocenters. The molecule has 0 aliphatic heterocycles. The Morgan fingerprint density at radius 1 is 1.17 bits per heavy atom. The van der Waals surface area contributed by atoms with Crippen molar-refractivity contribution in [1.29, 1.82) is 0 Å². The van der Waals surface area contributed by atoms with E-state index in [-0.39, 0.29) is 5.54 Å². The van der Waals surface area contributed by atoms with Crippen LogP contribution in [-0.4, -0.2) is 42.8 Å². The molecule has 2 unspecified atom stereocenters. The summed E-state index contributed by atoms with van der Waals surface area (Å²) in [6.45, 7) is 2.05. The molecule has 0 aromatic heterocycles. The van der Waals surface area contributed by atoms with Crippen LogP contribution < -0.4 is 5.73 Å². The van der Waals surface area contributed by atoms with E-state index in [1.165, 1.54) is 57.9 Å². The molecule has 0 bridgehead atoms. The van der Waals surface area contributed by atoms with Crippen molar-refractivity contribution >= 4 is 0 Å². The van der Waals surface area contributed by atoms with Gasteiger partial charge >= 0.3 is 0 Å². The smallest absolute Gasteiger partial charge is 0.0767 e. The third-order valence-electron chi connectivity index (χ3n) is 5.27. The minimum atomic E-state index is 0.150. The van der Waals surface area contributed by atoms with Gasteiger partial charge < -0.3 is 10.5 Å². The Hall–Kier alpha value is -0.120. The first kappa shape index (κ1) is 12.9. The zero-order valence-electron chi connectivity index (χ0n) is 11.7. The average molecular weight is 252 g/mol. The van der Waals surface area contributed by atoms with Crippen molar-refractivity contribution in [2.75, 3.05) is 20.2 Å². The molecule has 18 heavy (non-hydrogen) atoms. The first-order chi connectivity index (χ1) is 8.80. The molecule has 3 heteroatoms. The van der Waals surface area contributed by atoms with E-state index in [2.05, 4.69) is 4.90 Å². The molecule has 3 aliphatic carbocycles. The third-order valence-corrected chi connectivity index (χ3v) is 5.27. The van der Waals surface area contributed by atoms with Crippen molar-refractivity contribution in [1.82, 2.24) is 4.90 Å². The van der Waals surface area contributed by atoms with Crippen molar-refractivity contribution in [3.8, 4) is 0 Å². The molecule has 104 valence electrons. The summed E-state index contributed by atoms with van der Waals surface area (Å²) < 4.78 is 5.84. The highest BCUT2D eigenvalue weighted by Gasteiger charge is 2.50. The fraction of sp³-hybridized carbons (Fsp3) is 1.00. The summed E-state index contributed by atoms with van der Waals surface area (Å²) in [5.41, 5.74) is 6.39. The molecule has 0 aromatic rings. The lowest BCUT2D eigenvalue weighted by molar-refractivity contribution is -0.0808. The van der Waals surface area contributed by atoms with Gasteiger partial charge in [-0.1, -0.05) is 12.8 Å². The summed E-state index contributed by atoms with van der Waals surface area (Å²) in [5.74, 6) is 0.952. The highest BCUT2D eigenvalue weighted by molar-refractivity contribution is 5.06. The summed E-state index contributed by atoms with van der Waals surface area (Å²) in [4.78, 5) is 2.78. The minimum Gasteiger partial charge on any atom is -0.379 e. The van der Waals surface area contributed by atoms with Crippen LogP contribution in [0.25, 0.3) is 0 Å². The van der Waals surface area contributed by atoms with E-state index in [9.17, 15) is 0 Å². The third kappa shape index (κ3) is 2.33. The van der Waals surface area contributed by atoms with Crippen LogP contribution in [0.2, 0.25) is 0 Å². The number of methoxy groups -OCH3 is 1. The normalized spacial score (nSPS) is 37.2. The molecule has 3 aliphatic rings. The summed E-state index contributed by atoms with van der Waals surface area (Å²) in [6.07, 6.45) is 11.1. The van der Waals surface area contributed by atoms with Gasteiger partial charge in [0.2, 0.25) is 0 Å². The Morgan fingerprint density at radius 3 is 2.50 bits per heavy atom. The Balaban J connectivity index is 1.80. The van der Waals surface area contributed by atoms with Gasteiger partial charge in [0.1, 0.15) is 0 Å². The summed E-state index contributed by atoms with van der Waals surface area (Å²) in [7, 11) is 1.88. The van der Waals surface area contributed by atoms with Crippen LogP contribution in [-0.2, 0) is 4.74 Å². The topological polar surface area (TPSA) is 38.5 Å². The lowest BCUT2D eigenvalue weighted by Crippen LogP contribution is -2.64. The van der Waals surface area contributed by atoms with Gasteiger partial charge in [-0.15, -0.1) is 0 Å². The van der Waals surface area contributed by atoms with Crippen LogP contribution >= 0.6 is 0 Å². The van der Waals surface area contributed by atoms with E-state index in [0.717, 1.165) is 18.5 Å². The lowest BCUT2D eigenvalue weighted by Gasteiger charge is -2.50. The van der Waals surface area contributed by atoms with Gasteiger partial charge in [0, 0.05) is 26.2 Å². The van der Waals surface area contributed by atoms with Gasteiger partial charge in [0.25, 0.3) is 0 Å². The molecule has 3 rings (SSSR count). The molecule has 3 fully saturated rings. The van der Waals surface area contributed by atoms with Crippen molar-refractivity contribution < 1.29 is 4.74 Å². The Morgan fingerprint density at radius 2 is 1.94 bits per heavy atom. The number of hydrogen-bond acceptors (Lipinski definition) is 3. The average Bonchev–Trinajstić information content (AvgIpc) is 3.28. The summed E-state index contributed by atoms with van der Waals surface area (Å²) in [6, 6.07) is 0.810. The highest BCUT2D eigenvalue weighted by Crippen LogP contribution is 2.44. The first-order valence-electron chi connectivity index (χ1n) is 7.80. The second-order valence-corrected chi connectivity index (χ2v) is 6.60. The number of hydrogen-bond donors (Lipinski definition) is 1. The minimum absolute atomic E-state index is 0.150. The molecule has 0 heterocycles. The quantitative estimate of drug-likeness (QED) is 0.787. The monoisotopic (exact) mass is 252 g/mol. The number of nitrogens with two attached hydrogens (primary N) is 1. The van der Waals surface area contributed by atoms with Crippen LogP contribution in [0.15, 0.2) is 0 Å². The van der Waals surface area contributed by atoms with Crippen LogP contribution in [0.3, 0.4) is 0 Å². The van der Waals surface area contributed by atoms with Crippen LogP contribution in [0.5, 0.6) is 0 Å². The maximum Gasteiger partial charge on any atom is 0.0767 e. The Labute approximate surface area is 111 Å². The summed E-state index contributed by atoms with van der Waals surface area (Å²) >= 11 is 0. The molecule has 0 aromatic carbocycles. The van der Waals surface area contributed by atoms with E-state index in [1.807, 2.05) is 7.11 Å². The zero-order chi connectivity index (χ0) is 12.6. The van der Waals surface area contributed by atoms with E-state index in [4.69, 9.17) is 10.5 Å². The van der Waals surface area contributed by atoms with Crippen molar-refractivity contribution in [3.05, 3.63) is 0 Å². The lowest BCUT2D eigenvalue weighted by atomic mass is 9.77. The molecule has 0 radical (unpaired) electrons. The van der Waals surface area contributed by atoms with E-state index in [1.54, 1.807) is 0 Å². The Kier molecular flexibility index (Phi) is 3.65. The molecular weight excluding hydrogens is 224 g/mol. The maximum absolute atomic E-state index is 6.25. The predicted octanol–water partition coefficient (Wildman–Crippen LogP) is 2.15. The van der Waals surface area contributed by atoms with Crippen molar-refractivity contribution in [2.24, 2.45) is 11.7 Å². The van der Waals surface area contributed by atoms with Crippen LogP contribution in [0.4, 0.5) is 0 Å².